The summed E-state index contributed by atoms with van der Waals surface area (Å²) in [4.78, 5) is 20.8. The average molecular weight is 1040 g/mol. The predicted molar refractivity (Wildman–Crippen MR) is 314 cm³/mol. The summed E-state index contributed by atoms with van der Waals surface area (Å²) in [6.45, 7) is 36.1. The Kier molecular flexibility index (Phi) is 34.0. The molecule has 0 bridgehead atoms. The van der Waals surface area contributed by atoms with Crippen LogP contribution >= 0.6 is 11.3 Å². The highest BCUT2D eigenvalue weighted by Gasteiger charge is 2.13. The molecule has 0 amide bonds. The number of aryl methyl sites for hydroxylation is 16. The Balaban J connectivity index is 0.000000417. The minimum absolute atomic E-state index is 0.711. The van der Waals surface area contributed by atoms with Gasteiger partial charge in [0, 0.05) is 94.1 Å². The van der Waals surface area contributed by atoms with Crippen LogP contribution in [0, 0.1) is 95.9 Å². The van der Waals surface area contributed by atoms with Crippen LogP contribution in [0.5, 0.6) is 0 Å². The van der Waals surface area contributed by atoms with Gasteiger partial charge in [-0.1, -0.05) is 89.0 Å². The fraction of sp³-hybridized carbons (Fsp3) is 0.475. The number of thiazole rings is 1. The number of aromatic nitrogens is 12. The van der Waals surface area contributed by atoms with Crippen molar-refractivity contribution in [2.45, 2.75) is 103 Å². The third-order valence-corrected chi connectivity index (χ3v) is 11.6. The molecule has 75 heavy (non-hydrogen) atoms. The molecule has 6 aromatic heterocycles. The highest BCUT2D eigenvalue weighted by Crippen LogP contribution is 2.11. The van der Waals surface area contributed by atoms with Crippen LogP contribution in [-0.4, -0.2) is 135 Å². The molecule has 410 valence electrons. The molecule has 10 rings (SSSR count). The number of likely N-dealkylation sites (tertiary alicyclic amines) is 1. The summed E-state index contributed by atoms with van der Waals surface area (Å²) < 4.78 is 3.46. The van der Waals surface area contributed by atoms with Crippen molar-refractivity contribution in [1.29, 1.82) is 0 Å². The Morgan fingerprint density at radius 2 is 1.05 bits per heavy atom. The van der Waals surface area contributed by atoms with E-state index in [2.05, 4.69) is 189 Å². The van der Waals surface area contributed by atoms with E-state index in [1.807, 2.05) is 106 Å². The first-order chi connectivity index (χ1) is 35.4. The van der Waals surface area contributed by atoms with Crippen LogP contribution in [0.2, 0.25) is 0 Å². The lowest BCUT2D eigenvalue weighted by Gasteiger charge is -2.28. The Hall–Kier alpha value is -6.33. The molecule has 2 aliphatic rings. The van der Waals surface area contributed by atoms with Gasteiger partial charge in [-0.05, 0) is 170 Å². The number of hydrogen-bond acceptors (Lipinski definition) is 13. The van der Waals surface area contributed by atoms with Crippen LogP contribution in [0.15, 0.2) is 109 Å². The Morgan fingerprint density at radius 3 is 1.28 bits per heavy atom. The highest BCUT2D eigenvalue weighted by atomic mass is 32.1. The molecule has 8 heterocycles. The minimum atomic E-state index is 0.711. The van der Waals surface area contributed by atoms with E-state index < -0.39 is 0 Å². The van der Waals surface area contributed by atoms with E-state index in [0.29, 0.717) is 5.82 Å². The van der Waals surface area contributed by atoms with Gasteiger partial charge in [0.25, 0.3) is 0 Å². The van der Waals surface area contributed by atoms with Crippen LogP contribution in [0.3, 0.4) is 0 Å². The van der Waals surface area contributed by atoms with Gasteiger partial charge in [0.1, 0.15) is 0 Å². The number of rotatable bonds is 0. The monoisotopic (exact) mass is 1040 g/mol. The number of benzene rings is 2. The Bertz CT molecular complexity index is 2240. The molecule has 2 aliphatic heterocycles. The summed E-state index contributed by atoms with van der Waals surface area (Å²) in [5.74, 6) is 1.66. The largest absolute Gasteiger partial charge is 0.306 e. The SMILES string of the molecule is CC1CCN(C)C1.CN1CCN(C)CC1.Cc1ccc(C)cc1.Cc1ccc(C)nc1.Cc1cccc(C)c1.Cc1ccnc(C)c1.Cc1cn(C)nn1.Cc1cnn(C)c1.Cc1csc(C)n1.Cc1nnn(C)n1. The molecule has 2 fully saturated rings. The first kappa shape index (κ1) is 66.7. The maximum Gasteiger partial charge on any atom is 0.171 e. The standard InChI is InChI=1S/2C8H10.2C7H9N.C6H14N2.C6H13N.C5H8N2.C5H7NS.C4H7N3.C3H6N4/c1-7-3-5-8(2)6-4-7;1-7-4-3-5-8(2)6-7;1-6-3-4-8-7(2)5-6;1-6-3-4-7(2)8-5-6;1-7-3-5-8(2)6-4-7;1-6-3-4-7(2)5-6;1-5-3-6-7(2)4-5;1-4-3-7-5(2)6-4;1-4-3-7(2)6-5-4;1-3-4-6-7(2)5-3/h2*3-6H,1-2H3;2*3-5H,1-2H3;3-6H2,1-2H3;6H,3-5H2,1-2H3;3-4H,1-2H3;2*3H,1-2H3;1-2H3. The van der Waals surface area contributed by atoms with Crippen molar-refractivity contribution in [3.63, 3.8) is 0 Å². The van der Waals surface area contributed by atoms with E-state index in [4.69, 9.17) is 0 Å². The zero-order valence-electron chi connectivity index (χ0n) is 49.5. The van der Waals surface area contributed by atoms with Gasteiger partial charge in [-0.3, -0.25) is 19.3 Å². The van der Waals surface area contributed by atoms with Gasteiger partial charge in [-0.25, -0.2) is 4.98 Å². The second kappa shape index (κ2) is 38.3. The molecule has 2 aromatic carbocycles. The van der Waals surface area contributed by atoms with Crippen LogP contribution < -0.4 is 0 Å². The summed E-state index contributed by atoms with van der Waals surface area (Å²) in [7, 11) is 12.0. The van der Waals surface area contributed by atoms with Crippen molar-refractivity contribution in [3.05, 3.63) is 182 Å². The lowest BCUT2D eigenvalue weighted by atomic mass is 10.2. The van der Waals surface area contributed by atoms with Crippen molar-refractivity contribution in [2.75, 3.05) is 60.4 Å². The van der Waals surface area contributed by atoms with E-state index in [9.17, 15) is 0 Å². The molecule has 0 N–H and O–H groups in total. The average Bonchev–Trinajstić information content (AvgIpc) is 4.21. The van der Waals surface area contributed by atoms with E-state index in [-0.39, 0.29) is 0 Å². The lowest BCUT2D eigenvalue weighted by Crippen LogP contribution is -2.42. The smallest absolute Gasteiger partial charge is 0.171 e. The Morgan fingerprint density at radius 1 is 0.480 bits per heavy atom. The van der Waals surface area contributed by atoms with Crippen LogP contribution in [0.25, 0.3) is 0 Å². The molecular weight excluding hydrogens is 951 g/mol. The third kappa shape index (κ3) is 37.1. The van der Waals surface area contributed by atoms with Crippen molar-refractivity contribution in [3.8, 4) is 0 Å². The second-order valence-electron chi connectivity index (χ2n) is 19.6. The fourth-order valence-corrected chi connectivity index (χ4v) is 7.18. The van der Waals surface area contributed by atoms with Gasteiger partial charge < -0.3 is 14.7 Å². The molecule has 1 atom stereocenters. The first-order valence-electron chi connectivity index (χ1n) is 25.7. The van der Waals surface area contributed by atoms with E-state index in [1.165, 1.54) is 89.4 Å². The van der Waals surface area contributed by atoms with Crippen LogP contribution in [-0.2, 0) is 21.1 Å². The zero-order valence-corrected chi connectivity index (χ0v) is 50.4. The molecule has 16 heteroatoms. The van der Waals surface area contributed by atoms with Gasteiger partial charge in [0.2, 0.25) is 0 Å². The van der Waals surface area contributed by atoms with E-state index >= 15 is 0 Å². The van der Waals surface area contributed by atoms with Gasteiger partial charge in [0.05, 0.1) is 23.9 Å². The van der Waals surface area contributed by atoms with Crippen molar-refractivity contribution in [1.82, 2.24) is 74.6 Å². The lowest BCUT2D eigenvalue weighted by molar-refractivity contribution is 0.181. The van der Waals surface area contributed by atoms with E-state index in [0.717, 1.165) is 33.7 Å². The highest BCUT2D eigenvalue weighted by molar-refractivity contribution is 7.09. The predicted octanol–water partition coefficient (Wildman–Crippen LogP) is 11.0. The van der Waals surface area contributed by atoms with Gasteiger partial charge in [-0.15, -0.1) is 26.6 Å². The topological polar surface area (TPSA) is 141 Å². The van der Waals surface area contributed by atoms with Crippen LogP contribution in [0.1, 0.15) is 85.9 Å². The van der Waals surface area contributed by atoms with E-state index in [1.54, 1.807) is 34.7 Å². The molecule has 0 saturated carbocycles. The normalized spacial score (nSPS) is 13.5. The molecule has 8 aromatic rings. The van der Waals surface area contributed by atoms with Crippen molar-refractivity contribution < 1.29 is 0 Å². The number of likely N-dealkylation sites (N-methyl/N-ethyl adjacent to an activating group) is 2. The number of tetrazole rings is 1. The zero-order chi connectivity index (χ0) is 56.3. The van der Waals surface area contributed by atoms with Gasteiger partial charge >= 0.3 is 0 Å². The second-order valence-corrected chi connectivity index (χ2v) is 20.6. The maximum absolute atomic E-state index is 4.13. The maximum atomic E-state index is 4.13. The molecular formula is C59H93N15S. The molecule has 2 saturated heterocycles. The van der Waals surface area contributed by atoms with Gasteiger partial charge in [-0.2, -0.15) is 9.90 Å². The minimum Gasteiger partial charge on any atom is -0.306 e. The fourth-order valence-electron chi connectivity index (χ4n) is 6.59. The molecule has 0 radical (unpaired) electrons. The summed E-state index contributed by atoms with van der Waals surface area (Å²) >= 11 is 1.69. The third-order valence-electron chi connectivity index (χ3n) is 10.8. The number of hydrogen-bond donors (Lipinski definition) is 0. The van der Waals surface area contributed by atoms with Crippen molar-refractivity contribution >= 4 is 11.3 Å². The van der Waals surface area contributed by atoms with Crippen molar-refractivity contribution in [2.24, 2.45) is 27.1 Å². The summed E-state index contributed by atoms with van der Waals surface area (Å²) in [5.41, 5.74) is 13.3. The number of pyridine rings is 2. The van der Waals surface area contributed by atoms with Crippen LogP contribution in [0.4, 0.5) is 0 Å². The quantitative estimate of drug-likeness (QED) is 0.143. The molecule has 0 spiro atoms. The summed E-state index contributed by atoms with van der Waals surface area (Å²) in [6, 6.07) is 25.0. The summed E-state index contributed by atoms with van der Waals surface area (Å²) in [5, 5.41) is 25.5. The number of piperazine rings is 1. The number of nitrogens with zero attached hydrogens (tertiary/aromatic N) is 15. The molecule has 0 aliphatic carbocycles. The van der Waals surface area contributed by atoms with Gasteiger partial charge in [0.15, 0.2) is 5.82 Å². The summed E-state index contributed by atoms with van der Waals surface area (Å²) in [6.07, 6.45) is 10.8. The molecule has 15 nitrogen and oxygen atoms in total. The molecule has 1 unspecified atom stereocenters. The first-order valence-corrected chi connectivity index (χ1v) is 26.5. The Labute approximate surface area is 456 Å².